The van der Waals surface area contributed by atoms with E-state index in [2.05, 4.69) is 34.6 Å². The molecule has 0 aromatic heterocycles. The Morgan fingerprint density at radius 1 is 1.19 bits per heavy atom. The molecule has 2 aliphatic rings. The monoisotopic (exact) mass is 572 g/mol. The number of sulfonamides is 1. The number of hydrogen-bond donors (Lipinski definition) is 1. The fourth-order valence-corrected chi connectivity index (χ4v) is 7.01. The first kappa shape index (κ1) is 28.7. The van der Waals surface area contributed by atoms with Crippen molar-refractivity contribution in [1.29, 1.82) is 0 Å². The van der Waals surface area contributed by atoms with Gasteiger partial charge in [-0.25, -0.2) is 8.42 Å². The molecule has 7 nitrogen and oxygen atoms in total. The molecule has 4 rings (SSSR count). The lowest BCUT2D eigenvalue weighted by Gasteiger charge is -2.25. The van der Waals surface area contributed by atoms with Gasteiger partial charge in [-0.1, -0.05) is 53.5 Å². The molecule has 1 N–H and O–H groups in total. The smallest absolute Gasteiger partial charge is 0.244 e. The summed E-state index contributed by atoms with van der Waals surface area (Å²) < 4.78 is 28.0. The molecule has 1 amide bonds. The number of rotatable bonds is 9. The van der Waals surface area contributed by atoms with Crippen molar-refractivity contribution in [1.82, 2.24) is 14.5 Å². The zero-order valence-corrected chi connectivity index (χ0v) is 23.3. The molecule has 0 aliphatic carbocycles. The average molecular weight is 574 g/mol. The topological polar surface area (TPSA) is 82.1 Å². The van der Waals surface area contributed by atoms with Gasteiger partial charge >= 0.3 is 0 Å². The van der Waals surface area contributed by atoms with E-state index in [4.69, 9.17) is 23.2 Å². The third-order valence-electron chi connectivity index (χ3n) is 6.58. The van der Waals surface area contributed by atoms with Gasteiger partial charge in [-0.15, -0.1) is 12.4 Å². The molecular weight excluding hydrogens is 543 g/mol. The fourth-order valence-electron chi connectivity index (χ4n) is 4.55. The van der Waals surface area contributed by atoms with E-state index in [-0.39, 0.29) is 39.3 Å². The van der Waals surface area contributed by atoms with Crippen LogP contribution in [0.25, 0.3) is 0 Å². The zero-order valence-electron chi connectivity index (χ0n) is 20.1. The molecule has 0 saturated carbocycles. The third kappa shape index (κ3) is 6.53. The summed E-state index contributed by atoms with van der Waals surface area (Å²) in [5.41, 5.74) is 2.23. The molecule has 11 heteroatoms. The second kappa shape index (κ2) is 12.6. The zero-order chi connectivity index (χ0) is 25.0. The number of amides is 1. The van der Waals surface area contributed by atoms with Crippen LogP contribution in [0.1, 0.15) is 36.8 Å². The number of hydrogen-bond acceptors (Lipinski definition) is 5. The molecule has 2 aliphatic heterocycles. The fraction of sp³-hybridized carbons (Fsp3) is 0.440. The molecule has 2 heterocycles. The van der Waals surface area contributed by atoms with E-state index in [1.54, 1.807) is 24.1 Å². The Morgan fingerprint density at radius 2 is 1.94 bits per heavy atom. The third-order valence-corrected chi connectivity index (χ3v) is 9.51. The molecule has 1 fully saturated rings. The van der Waals surface area contributed by atoms with E-state index in [0.29, 0.717) is 25.9 Å². The maximum absolute atomic E-state index is 13.2. The maximum Gasteiger partial charge on any atom is 0.244 e. The van der Waals surface area contributed by atoms with Crippen molar-refractivity contribution in [3.8, 4) is 0 Å². The maximum atomic E-state index is 13.2. The molecular formula is C25H31Cl3N4O3S. The Labute approximate surface area is 229 Å². The number of carbonyl (C=O) groups excluding carboxylic acids is 1. The van der Waals surface area contributed by atoms with Crippen molar-refractivity contribution >= 4 is 57.4 Å². The Kier molecular flexibility index (Phi) is 10.1. The van der Waals surface area contributed by atoms with Crippen LogP contribution >= 0.6 is 35.6 Å². The number of nitrogens with one attached hydrogen (secondary N) is 1. The van der Waals surface area contributed by atoms with Crippen molar-refractivity contribution in [3.05, 3.63) is 63.6 Å². The van der Waals surface area contributed by atoms with Crippen LogP contribution in [0.2, 0.25) is 10.0 Å². The van der Waals surface area contributed by atoms with Crippen LogP contribution in [0.15, 0.2) is 52.4 Å². The molecule has 36 heavy (non-hydrogen) atoms. The van der Waals surface area contributed by atoms with E-state index in [1.165, 1.54) is 10.4 Å². The lowest BCUT2D eigenvalue weighted by molar-refractivity contribution is -0.130. The first-order valence-corrected chi connectivity index (χ1v) is 14.0. The minimum Gasteiger partial charge on any atom is -0.368 e. The summed E-state index contributed by atoms with van der Waals surface area (Å²) in [4.78, 5) is 18.9. The molecule has 0 radical (unpaired) electrons. The number of aliphatic imine (C=N–C) groups is 1. The highest BCUT2D eigenvalue weighted by molar-refractivity contribution is 7.89. The Balaban J connectivity index is 0.00000361. The van der Waals surface area contributed by atoms with E-state index in [0.717, 1.165) is 49.3 Å². The Bertz CT molecular complexity index is 1210. The number of benzene rings is 2. The standard InChI is InChI=1S/C25H30Cl2N4O3S.ClH/c1-30(17-13-18-7-9-19(10-8-18)25-28-14-15-29-25)23(32)12-11-20-4-3-16-31(20)35(33,34)22-6-2-5-21(26)24(22)27;/h2,5-10,20H,3-4,11-17H2,1H3,(H,28,29);1H/t20-;/m0./s1. The van der Waals surface area contributed by atoms with Crippen molar-refractivity contribution < 1.29 is 13.2 Å². The largest absolute Gasteiger partial charge is 0.368 e. The van der Waals surface area contributed by atoms with Gasteiger partial charge in [0.2, 0.25) is 15.9 Å². The predicted octanol–water partition coefficient (Wildman–Crippen LogP) is 4.40. The van der Waals surface area contributed by atoms with Crippen LogP contribution in [-0.4, -0.2) is 68.6 Å². The van der Waals surface area contributed by atoms with Gasteiger partial charge in [0.1, 0.15) is 10.7 Å². The summed E-state index contributed by atoms with van der Waals surface area (Å²) in [7, 11) is -1.99. The summed E-state index contributed by atoms with van der Waals surface area (Å²) >= 11 is 12.2. The first-order chi connectivity index (χ1) is 16.8. The molecule has 196 valence electrons. The molecule has 2 aromatic rings. The molecule has 2 aromatic carbocycles. The second-order valence-electron chi connectivity index (χ2n) is 8.92. The van der Waals surface area contributed by atoms with Crippen LogP contribution in [0.5, 0.6) is 0 Å². The van der Waals surface area contributed by atoms with Crippen molar-refractivity contribution in [3.63, 3.8) is 0 Å². The Hall–Kier alpha value is -1.84. The van der Waals surface area contributed by atoms with Gasteiger partial charge < -0.3 is 10.2 Å². The van der Waals surface area contributed by atoms with Gasteiger partial charge in [0, 0.05) is 44.7 Å². The van der Waals surface area contributed by atoms with Gasteiger partial charge in [0.05, 0.1) is 16.6 Å². The number of nitrogens with zero attached hydrogens (tertiary/aromatic N) is 3. The van der Waals surface area contributed by atoms with Crippen LogP contribution < -0.4 is 5.32 Å². The molecule has 0 spiro atoms. The van der Waals surface area contributed by atoms with Gasteiger partial charge in [-0.3, -0.25) is 9.79 Å². The van der Waals surface area contributed by atoms with Crippen LogP contribution in [0.4, 0.5) is 0 Å². The summed E-state index contributed by atoms with van der Waals surface area (Å²) in [5.74, 6) is 0.945. The number of likely N-dealkylation sites (N-methyl/N-ethyl adjacent to an activating group) is 1. The van der Waals surface area contributed by atoms with Gasteiger partial charge in [0.25, 0.3) is 0 Å². The highest BCUT2D eigenvalue weighted by Gasteiger charge is 2.36. The first-order valence-electron chi connectivity index (χ1n) is 11.8. The van der Waals surface area contributed by atoms with Crippen LogP contribution in [-0.2, 0) is 21.2 Å². The second-order valence-corrected chi connectivity index (χ2v) is 11.6. The minimum absolute atomic E-state index is 0. The highest BCUT2D eigenvalue weighted by Crippen LogP contribution is 2.35. The molecule has 1 saturated heterocycles. The summed E-state index contributed by atoms with van der Waals surface area (Å²) in [6.45, 7) is 2.70. The van der Waals surface area contributed by atoms with E-state index >= 15 is 0 Å². The molecule has 0 unspecified atom stereocenters. The lowest BCUT2D eigenvalue weighted by atomic mass is 10.1. The van der Waals surface area contributed by atoms with Crippen molar-refractivity contribution in [2.24, 2.45) is 4.99 Å². The van der Waals surface area contributed by atoms with Gasteiger partial charge in [-0.05, 0) is 43.4 Å². The van der Waals surface area contributed by atoms with E-state index in [9.17, 15) is 13.2 Å². The lowest BCUT2D eigenvalue weighted by Crippen LogP contribution is -2.37. The summed E-state index contributed by atoms with van der Waals surface area (Å²) in [5, 5.41) is 3.51. The highest BCUT2D eigenvalue weighted by atomic mass is 35.5. The van der Waals surface area contributed by atoms with Crippen LogP contribution in [0, 0.1) is 0 Å². The van der Waals surface area contributed by atoms with E-state index in [1.807, 2.05) is 0 Å². The number of halogens is 3. The number of amidine groups is 1. The van der Waals surface area contributed by atoms with Crippen LogP contribution in [0.3, 0.4) is 0 Å². The van der Waals surface area contributed by atoms with E-state index < -0.39 is 10.0 Å². The Morgan fingerprint density at radius 3 is 2.64 bits per heavy atom. The molecule has 1 atom stereocenters. The average Bonchev–Trinajstić information content (AvgIpc) is 3.55. The van der Waals surface area contributed by atoms with Crippen molar-refractivity contribution in [2.45, 2.75) is 43.0 Å². The van der Waals surface area contributed by atoms with Gasteiger partial charge in [0.15, 0.2) is 0 Å². The SMILES string of the molecule is CN(CCc1ccc(C2=NCCN2)cc1)C(=O)CC[C@@H]1CCCN1S(=O)(=O)c1cccc(Cl)c1Cl.Cl. The summed E-state index contributed by atoms with van der Waals surface area (Å²) in [6, 6.07) is 12.6. The quantitative estimate of drug-likeness (QED) is 0.482. The predicted molar refractivity (Wildman–Crippen MR) is 147 cm³/mol. The van der Waals surface area contributed by atoms with Gasteiger partial charge in [-0.2, -0.15) is 4.31 Å². The number of carbonyl (C=O) groups is 1. The van der Waals surface area contributed by atoms with Crippen molar-refractivity contribution in [2.75, 3.05) is 33.2 Å². The summed E-state index contributed by atoms with van der Waals surface area (Å²) in [6.07, 6.45) is 3.00. The molecule has 0 bridgehead atoms. The minimum atomic E-state index is -3.79. The normalized spacial score (nSPS) is 17.9.